The van der Waals surface area contributed by atoms with Gasteiger partial charge in [-0.2, -0.15) is 0 Å². The molecule has 1 aliphatic heterocycles. The zero-order valence-electron chi connectivity index (χ0n) is 16.4. The van der Waals surface area contributed by atoms with Gasteiger partial charge in [0, 0.05) is 44.0 Å². The van der Waals surface area contributed by atoms with Gasteiger partial charge < -0.3 is 10.2 Å². The molecule has 0 saturated carbocycles. The highest BCUT2D eigenvalue weighted by molar-refractivity contribution is 7.89. The number of benzene rings is 2. The van der Waals surface area contributed by atoms with Gasteiger partial charge in [-0.25, -0.2) is 22.3 Å². The number of amides is 1. The Hall–Kier alpha value is -2.56. The molecule has 10 heteroatoms. The number of hydrogen-bond acceptors (Lipinski definition) is 5. The molecule has 0 atom stereocenters. The van der Waals surface area contributed by atoms with Gasteiger partial charge in [0.25, 0.3) is 0 Å². The summed E-state index contributed by atoms with van der Waals surface area (Å²) >= 11 is 0. The number of sulfonamides is 1. The summed E-state index contributed by atoms with van der Waals surface area (Å²) in [6.07, 6.45) is 0.0898. The third kappa shape index (κ3) is 5.74. The van der Waals surface area contributed by atoms with E-state index in [2.05, 4.69) is 10.2 Å². The van der Waals surface area contributed by atoms with Crippen molar-refractivity contribution in [3.05, 3.63) is 59.7 Å². The second-order valence-corrected chi connectivity index (χ2v) is 8.66. The first-order valence-corrected chi connectivity index (χ1v) is 11.1. The minimum Gasteiger partial charge on any atom is -0.369 e. The first-order chi connectivity index (χ1) is 14.2. The van der Waals surface area contributed by atoms with Crippen molar-refractivity contribution in [2.75, 3.05) is 44.2 Å². The number of carbonyl (C=O) groups excluding carboxylic acids is 1. The number of hydrogen-bond donors (Lipinski definition) is 2. The number of carbonyl (C=O) groups is 1. The molecule has 0 aliphatic carbocycles. The van der Waals surface area contributed by atoms with E-state index in [1.165, 1.54) is 30.3 Å². The first-order valence-electron chi connectivity index (χ1n) is 9.54. The summed E-state index contributed by atoms with van der Waals surface area (Å²) in [5.74, 6) is -1.42. The number of anilines is 1. The van der Waals surface area contributed by atoms with Crippen LogP contribution in [0.3, 0.4) is 0 Å². The predicted molar refractivity (Wildman–Crippen MR) is 110 cm³/mol. The van der Waals surface area contributed by atoms with E-state index in [1.54, 1.807) is 12.1 Å². The number of primary sulfonamides is 1. The summed E-state index contributed by atoms with van der Waals surface area (Å²) in [7, 11) is -3.72. The summed E-state index contributed by atoms with van der Waals surface area (Å²) < 4.78 is 49.9. The molecule has 0 bridgehead atoms. The van der Waals surface area contributed by atoms with Crippen molar-refractivity contribution in [1.29, 1.82) is 0 Å². The first kappa shape index (κ1) is 22.1. The number of nitrogens with zero attached hydrogens (tertiary/aromatic N) is 2. The van der Waals surface area contributed by atoms with E-state index in [0.29, 0.717) is 26.2 Å². The van der Waals surface area contributed by atoms with Crippen LogP contribution in [0.25, 0.3) is 0 Å². The molecule has 30 heavy (non-hydrogen) atoms. The van der Waals surface area contributed by atoms with Crippen molar-refractivity contribution in [1.82, 2.24) is 10.2 Å². The minimum atomic E-state index is -3.72. The topological polar surface area (TPSA) is 95.7 Å². The number of rotatable bonds is 7. The second kappa shape index (κ2) is 9.50. The maximum absolute atomic E-state index is 13.6. The Labute approximate surface area is 174 Å². The predicted octanol–water partition coefficient (Wildman–Crippen LogP) is 1.09. The lowest BCUT2D eigenvalue weighted by atomic mass is 10.1. The average Bonchev–Trinajstić information content (AvgIpc) is 2.70. The summed E-state index contributed by atoms with van der Waals surface area (Å²) in [6.45, 7) is 3.05. The molecule has 2 aromatic carbocycles. The molecule has 162 valence electrons. The smallest absolute Gasteiger partial charge is 0.238 e. The van der Waals surface area contributed by atoms with E-state index in [9.17, 15) is 22.0 Å². The molecule has 1 heterocycles. The van der Waals surface area contributed by atoms with E-state index in [4.69, 9.17) is 5.14 Å². The van der Waals surface area contributed by atoms with Crippen LogP contribution in [-0.2, 0) is 21.2 Å². The van der Waals surface area contributed by atoms with Crippen LogP contribution in [0.4, 0.5) is 14.5 Å². The second-order valence-electron chi connectivity index (χ2n) is 7.10. The fourth-order valence-corrected chi connectivity index (χ4v) is 3.88. The molecule has 1 saturated heterocycles. The molecule has 1 fully saturated rings. The SMILES string of the molecule is NS(=O)(=O)c1ccc(N2CCN(CC(=O)NCCc3c(F)cccc3F)CC2)cc1. The lowest BCUT2D eigenvalue weighted by Gasteiger charge is -2.35. The summed E-state index contributed by atoms with van der Waals surface area (Å²) in [5.41, 5.74) is 0.860. The fourth-order valence-electron chi connectivity index (χ4n) is 3.37. The molecule has 0 unspecified atom stereocenters. The average molecular weight is 439 g/mol. The Morgan fingerprint density at radius 3 is 2.17 bits per heavy atom. The highest BCUT2D eigenvalue weighted by Crippen LogP contribution is 2.19. The van der Waals surface area contributed by atoms with Gasteiger partial charge in [-0.05, 0) is 42.8 Å². The van der Waals surface area contributed by atoms with Crippen LogP contribution in [0.5, 0.6) is 0 Å². The van der Waals surface area contributed by atoms with Gasteiger partial charge in [-0.3, -0.25) is 9.69 Å². The van der Waals surface area contributed by atoms with Gasteiger partial charge in [-0.1, -0.05) is 6.07 Å². The van der Waals surface area contributed by atoms with Gasteiger partial charge >= 0.3 is 0 Å². The van der Waals surface area contributed by atoms with Crippen molar-refractivity contribution in [2.24, 2.45) is 5.14 Å². The van der Waals surface area contributed by atoms with Crippen molar-refractivity contribution < 1.29 is 22.0 Å². The molecular weight excluding hydrogens is 414 g/mol. The zero-order chi connectivity index (χ0) is 21.7. The van der Waals surface area contributed by atoms with E-state index >= 15 is 0 Å². The maximum atomic E-state index is 13.6. The van der Waals surface area contributed by atoms with Crippen molar-refractivity contribution >= 4 is 21.6 Å². The molecule has 2 aromatic rings. The molecular formula is C20H24F2N4O3S. The molecule has 0 spiro atoms. The van der Waals surface area contributed by atoms with Gasteiger partial charge in [-0.15, -0.1) is 0 Å². The Morgan fingerprint density at radius 2 is 1.60 bits per heavy atom. The number of halogens is 2. The van der Waals surface area contributed by atoms with Gasteiger partial charge in [0.15, 0.2) is 0 Å². The van der Waals surface area contributed by atoms with Gasteiger partial charge in [0.2, 0.25) is 15.9 Å². The zero-order valence-corrected chi connectivity index (χ0v) is 17.2. The molecule has 0 radical (unpaired) electrons. The monoisotopic (exact) mass is 438 g/mol. The molecule has 1 aliphatic rings. The van der Waals surface area contributed by atoms with E-state index in [-0.39, 0.29) is 35.9 Å². The van der Waals surface area contributed by atoms with Gasteiger partial charge in [0.1, 0.15) is 11.6 Å². The molecule has 7 nitrogen and oxygen atoms in total. The van der Waals surface area contributed by atoms with Crippen molar-refractivity contribution in [2.45, 2.75) is 11.3 Å². The highest BCUT2D eigenvalue weighted by atomic mass is 32.2. The number of nitrogens with two attached hydrogens (primary N) is 1. The molecule has 3 N–H and O–H groups in total. The van der Waals surface area contributed by atoms with Crippen LogP contribution in [0, 0.1) is 11.6 Å². The van der Waals surface area contributed by atoms with Crippen molar-refractivity contribution in [3.8, 4) is 0 Å². The van der Waals surface area contributed by atoms with Gasteiger partial charge in [0.05, 0.1) is 11.4 Å². The largest absolute Gasteiger partial charge is 0.369 e. The lowest BCUT2D eigenvalue weighted by Crippen LogP contribution is -2.49. The van der Waals surface area contributed by atoms with Crippen molar-refractivity contribution in [3.63, 3.8) is 0 Å². The third-order valence-electron chi connectivity index (χ3n) is 5.03. The molecule has 1 amide bonds. The fraction of sp³-hybridized carbons (Fsp3) is 0.350. The normalized spacial score (nSPS) is 15.2. The van der Waals surface area contributed by atoms with Crippen LogP contribution >= 0.6 is 0 Å². The number of nitrogens with one attached hydrogen (secondary N) is 1. The summed E-state index contributed by atoms with van der Waals surface area (Å²) in [6, 6.07) is 10.1. The van der Waals surface area contributed by atoms with Crippen LogP contribution in [0.15, 0.2) is 47.4 Å². The Balaban J connectivity index is 1.42. The van der Waals surface area contributed by atoms with Crippen LogP contribution in [0.1, 0.15) is 5.56 Å². The van der Waals surface area contributed by atoms with E-state index in [1.807, 2.05) is 4.90 Å². The quantitative estimate of drug-likeness (QED) is 0.675. The summed E-state index contributed by atoms with van der Waals surface area (Å²) in [4.78, 5) is 16.3. The standard InChI is InChI=1S/C20H24F2N4O3S/c21-18-2-1-3-19(22)17(18)8-9-24-20(27)14-25-10-12-26(13-11-25)15-4-6-16(7-5-15)30(23,28)29/h1-7H,8-14H2,(H,24,27)(H2,23,28,29). The highest BCUT2D eigenvalue weighted by Gasteiger charge is 2.20. The number of piperazine rings is 1. The van der Waals surface area contributed by atoms with Crippen LogP contribution in [-0.4, -0.2) is 58.5 Å². The lowest BCUT2D eigenvalue weighted by molar-refractivity contribution is -0.122. The van der Waals surface area contributed by atoms with E-state index in [0.717, 1.165) is 5.69 Å². The van der Waals surface area contributed by atoms with Crippen LogP contribution in [0.2, 0.25) is 0 Å². The Bertz CT molecular complexity index is 971. The van der Waals surface area contributed by atoms with E-state index < -0.39 is 21.7 Å². The molecule has 0 aromatic heterocycles. The third-order valence-corrected chi connectivity index (χ3v) is 5.96. The van der Waals surface area contributed by atoms with Crippen LogP contribution < -0.4 is 15.4 Å². The summed E-state index contributed by atoms with van der Waals surface area (Å²) in [5, 5.41) is 7.81. The maximum Gasteiger partial charge on any atom is 0.238 e. The Kier molecular flexibility index (Phi) is 7.01. The Morgan fingerprint density at radius 1 is 1.00 bits per heavy atom. The minimum absolute atomic E-state index is 0.0279. The molecule has 3 rings (SSSR count).